The minimum atomic E-state index is -0.472. The number of methoxy groups -OCH3 is 1. The maximum absolute atomic E-state index is 12.7. The van der Waals surface area contributed by atoms with E-state index in [1.165, 1.54) is 7.11 Å². The van der Waals surface area contributed by atoms with E-state index in [0.29, 0.717) is 24.5 Å². The van der Waals surface area contributed by atoms with Crippen LogP contribution in [0, 0.1) is 0 Å². The summed E-state index contributed by atoms with van der Waals surface area (Å²) in [5, 5.41) is 0. The lowest BCUT2D eigenvalue weighted by Crippen LogP contribution is -2.28. The Hall–Kier alpha value is -2.37. The number of hydrogen-bond donors (Lipinski definition) is 0. The molecule has 2 rings (SSSR count). The molecular formula is C22H29NO4. The lowest BCUT2D eigenvalue weighted by atomic mass is 10.1. The molecule has 0 fully saturated rings. The van der Waals surface area contributed by atoms with Gasteiger partial charge in [0.05, 0.1) is 20.3 Å². The van der Waals surface area contributed by atoms with Crippen molar-refractivity contribution in [3.8, 4) is 5.75 Å². The van der Waals surface area contributed by atoms with Crippen LogP contribution >= 0.6 is 0 Å². The molecule has 0 spiro atoms. The van der Waals surface area contributed by atoms with Gasteiger partial charge in [-0.2, -0.15) is 0 Å². The molecule has 0 saturated heterocycles. The molecule has 0 aromatic heterocycles. The highest BCUT2D eigenvalue weighted by atomic mass is 16.6. The van der Waals surface area contributed by atoms with Crippen LogP contribution in [0.2, 0.25) is 0 Å². The van der Waals surface area contributed by atoms with Gasteiger partial charge in [0.1, 0.15) is 11.3 Å². The molecule has 1 atom stereocenters. The summed E-state index contributed by atoms with van der Waals surface area (Å²) in [5.74, 6) is 0.0745. The molecule has 0 amide bonds. The highest BCUT2D eigenvalue weighted by molar-refractivity contribution is 5.92. The number of para-hydroxylation sites is 1. The fourth-order valence-corrected chi connectivity index (χ4v) is 2.80. The van der Waals surface area contributed by atoms with Gasteiger partial charge in [0.15, 0.2) is 6.10 Å². The van der Waals surface area contributed by atoms with Crippen molar-refractivity contribution in [1.82, 2.24) is 4.90 Å². The number of nitrogens with zero attached hydrogens (tertiary/aromatic N) is 1. The topological polar surface area (TPSA) is 48.0 Å². The smallest absolute Gasteiger partial charge is 0.342 e. The van der Waals surface area contributed by atoms with E-state index in [1.807, 2.05) is 36.4 Å². The Bertz CT molecular complexity index is 686. The number of esters is 1. The summed E-state index contributed by atoms with van der Waals surface area (Å²) in [6, 6.07) is 16.7. The van der Waals surface area contributed by atoms with Crippen LogP contribution in [0.4, 0.5) is 0 Å². The molecule has 0 saturated carbocycles. The number of rotatable bonds is 11. The fourth-order valence-electron chi connectivity index (χ4n) is 2.80. The molecule has 27 heavy (non-hydrogen) atoms. The first kappa shape index (κ1) is 20.9. The van der Waals surface area contributed by atoms with Gasteiger partial charge >= 0.3 is 5.97 Å². The van der Waals surface area contributed by atoms with E-state index >= 15 is 0 Å². The highest BCUT2D eigenvalue weighted by Gasteiger charge is 2.20. The van der Waals surface area contributed by atoms with Gasteiger partial charge in [-0.3, -0.25) is 0 Å². The largest absolute Gasteiger partial charge is 0.496 e. The van der Waals surface area contributed by atoms with Crippen LogP contribution in [0.1, 0.15) is 35.9 Å². The van der Waals surface area contributed by atoms with Gasteiger partial charge in [0.25, 0.3) is 0 Å². The Labute approximate surface area is 161 Å². The van der Waals surface area contributed by atoms with Crippen LogP contribution in [0.25, 0.3) is 0 Å². The molecule has 0 bridgehead atoms. The Morgan fingerprint density at radius 2 is 1.67 bits per heavy atom. The molecule has 1 unspecified atom stereocenters. The van der Waals surface area contributed by atoms with Crippen molar-refractivity contribution in [2.24, 2.45) is 0 Å². The third kappa shape index (κ3) is 6.38. The zero-order chi connectivity index (χ0) is 19.5. The van der Waals surface area contributed by atoms with Gasteiger partial charge in [-0.15, -0.1) is 0 Å². The molecule has 0 aliphatic carbocycles. The molecule has 2 aromatic carbocycles. The van der Waals surface area contributed by atoms with Crippen LogP contribution in [-0.4, -0.2) is 50.8 Å². The van der Waals surface area contributed by atoms with Crippen molar-refractivity contribution in [2.75, 3.05) is 40.0 Å². The lowest BCUT2D eigenvalue weighted by Gasteiger charge is -2.21. The Morgan fingerprint density at radius 1 is 1.00 bits per heavy atom. The molecule has 5 nitrogen and oxygen atoms in total. The molecule has 5 heteroatoms. The third-order valence-corrected chi connectivity index (χ3v) is 4.46. The summed E-state index contributed by atoms with van der Waals surface area (Å²) in [5.41, 5.74) is 1.31. The fraction of sp³-hybridized carbons (Fsp3) is 0.409. The first-order valence-corrected chi connectivity index (χ1v) is 9.38. The summed E-state index contributed by atoms with van der Waals surface area (Å²) in [6.07, 6.45) is -0.472. The summed E-state index contributed by atoms with van der Waals surface area (Å²) in [4.78, 5) is 15.0. The zero-order valence-corrected chi connectivity index (χ0v) is 16.4. The van der Waals surface area contributed by atoms with E-state index in [0.717, 1.165) is 25.2 Å². The van der Waals surface area contributed by atoms with Crippen LogP contribution < -0.4 is 4.74 Å². The van der Waals surface area contributed by atoms with E-state index in [-0.39, 0.29) is 0 Å². The first-order chi connectivity index (χ1) is 13.2. The SMILES string of the molecule is CCN(CC)CCOCC(OC(=O)c1ccccc1OC)c1ccccc1. The molecule has 0 radical (unpaired) electrons. The van der Waals surface area contributed by atoms with Crippen molar-refractivity contribution < 1.29 is 19.0 Å². The van der Waals surface area contributed by atoms with Crippen LogP contribution in [0.5, 0.6) is 5.75 Å². The number of likely N-dealkylation sites (N-methyl/N-ethyl adjacent to an activating group) is 1. The quantitative estimate of drug-likeness (QED) is 0.442. The maximum Gasteiger partial charge on any atom is 0.342 e. The highest BCUT2D eigenvalue weighted by Crippen LogP contribution is 2.24. The monoisotopic (exact) mass is 371 g/mol. The molecular weight excluding hydrogens is 342 g/mol. The third-order valence-electron chi connectivity index (χ3n) is 4.46. The van der Waals surface area contributed by atoms with Gasteiger partial charge in [-0.1, -0.05) is 56.3 Å². The molecule has 146 valence electrons. The predicted molar refractivity (Wildman–Crippen MR) is 106 cm³/mol. The number of ether oxygens (including phenoxy) is 3. The summed E-state index contributed by atoms with van der Waals surface area (Å²) < 4.78 is 16.9. The van der Waals surface area contributed by atoms with Crippen molar-refractivity contribution in [3.05, 3.63) is 65.7 Å². The van der Waals surface area contributed by atoms with Gasteiger partial charge in [0.2, 0.25) is 0 Å². The van der Waals surface area contributed by atoms with E-state index in [4.69, 9.17) is 14.2 Å². The molecule has 0 aliphatic heterocycles. The number of benzene rings is 2. The second-order valence-electron chi connectivity index (χ2n) is 6.11. The average molecular weight is 371 g/mol. The van der Waals surface area contributed by atoms with E-state index in [2.05, 4.69) is 18.7 Å². The van der Waals surface area contributed by atoms with E-state index < -0.39 is 12.1 Å². The van der Waals surface area contributed by atoms with Gasteiger partial charge in [-0.05, 0) is 30.8 Å². The zero-order valence-electron chi connectivity index (χ0n) is 16.4. The van der Waals surface area contributed by atoms with Crippen molar-refractivity contribution in [2.45, 2.75) is 20.0 Å². The van der Waals surface area contributed by atoms with Crippen LogP contribution in [0.15, 0.2) is 54.6 Å². The second kappa shape index (κ2) is 11.4. The Kier molecular flexibility index (Phi) is 8.81. The first-order valence-electron chi connectivity index (χ1n) is 9.38. The maximum atomic E-state index is 12.7. The van der Waals surface area contributed by atoms with E-state index in [1.54, 1.807) is 18.2 Å². The van der Waals surface area contributed by atoms with Gasteiger partial charge < -0.3 is 19.1 Å². The number of carbonyl (C=O) groups excluding carboxylic acids is 1. The molecule has 0 N–H and O–H groups in total. The van der Waals surface area contributed by atoms with Crippen molar-refractivity contribution >= 4 is 5.97 Å². The minimum absolute atomic E-state index is 0.312. The number of carbonyl (C=O) groups is 1. The van der Waals surface area contributed by atoms with E-state index in [9.17, 15) is 4.79 Å². The summed E-state index contributed by atoms with van der Waals surface area (Å²) >= 11 is 0. The predicted octanol–water partition coefficient (Wildman–Crippen LogP) is 3.95. The van der Waals surface area contributed by atoms with Crippen molar-refractivity contribution in [3.63, 3.8) is 0 Å². The van der Waals surface area contributed by atoms with Crippen LogP contribution in [-0.2, 0) is 9.47 Å². The Balaban J connectivity index is 2.03. The average Bonchev–Trinajstić information content (AvgIpc) is 2.73. The van der Waals surface area contributed by atoms with Crippen LogP contribution in [0.3, 0.4) is 0 Å². The molecule has 0 heterocycles. The van der Waals surface area contributed by atoms with Gasteiger partial charge in [-0.25, -0.2) is 4.79 Å². The minimum Gasteiger partial charge on any atom is -0.496 e. The Morgan fingerprint density at radius 3 is 2.33 bits per heavy atom. The second-order valence-corrected chi connectivity index (χ2v) is 6.11. The van der Waals surface area contributed by atoms with Gasteiger partial charge in [0, 0.05) is 6.54 Å². The summed E-state index contributed by atoms with van der Waals surface area (Å²) in [7, 11) is 1.54. The normalized spacial score (nSPS) is 12.0. The molecule has 2 aromatic rings. The summed E-state index contributed by atoms with van der Waals surface area (Å²) in [6.45, 7) is 8.00. The van der Waals surface area contributed by atoms with Crippen molar-refractivity contribution in [1.29, 1.82) is 0 Å². The number of hydrogen-bond acceptors (Lipinski definition) is 5. The standard InChI is InChI=1S/C22H29NO4/c1-4-23(5-2)15-16-26-17-21(18-11-7-6-8-12-18)27-22(24)19-13-9-10-14-20(19)25-3/h6-14,21H,4-5,15-17H2,1-3H3. The lowest BCUT2D eigenvalue weighted by molar-refractivity contribution is -0.00862. The molecule has 0 aliphatic rings.